The van der Waals surface area contributed by atoms with Crippen LogP contribution in [-0.2, 0) is 4.79 Å². The summed E-state index contributed by atoms with van der Waals surface area (Å²) < 4.78 is 0. The minimum absolute atomic E-state index is 0.204. The minimum atomic E-state index is -0.233. The summed E-state index contributed by atoms with van der Waals surface area (Å²) in [5, 5.41) is 0. The molecule has 0 N–H and O–H groups in total. The molecule has 1 rings (SSSR count). The third-order valence-corrected chi connectivity index (χ3v) is 4.32. The average molecular weight is 328 g/mol. The number of carbonyl (C=O) groups excluding carboxylic acids is 1. The van der Waals surface area contributed by atoms with Gasteiger partial charge in [-0.15, -0.1) is 0 Å². The van der Waals surface area contributed by atoms with Crippen LogP contribution in [0.2, 0.25) is 0 Å². The number of rotatable bonds is 3. The van der Waals surface area contributed by atoms with E-state index in [0.29, 0.717) is 5.91 Å². The molecule has 1 fully saturated rings. The molecule has 0 spiro atoms. The van der Waals surface area contributed by atoms with E-state index in [1.54, 1.807) is 0 Å². The second kappa shape index (κ2) is 11.1. The van der Waals surface area contributed by atoms with Gasteiger partial charge in [-0.05, 0) is 36.5 Å². The molecule has 0 aromatic carbocycles. The second-order valence-corrected chi connectivity index (χ2v) is 8.49. The lowest BCUT2D eigenvalue weighted by molar-refractivity contribution is -0.143. The highest BCUT2D eigenvalue weighted by molar-refractivity contribution is 5.82. The van der Waals surface area contributed by atoms with Crippen LogP contribution in [0.5, 0.6) is 0 Å². The molecule has 0 atom stereocenters. The maximum absolute atomic E-state index is 12.7. The zero-order valence-corrected chi connectivity index (χ0v) is 18.0. The van der Waals surface area contributed by atoms with Crippen LogP contribution >= 0.6 is 0 Å². The van der Waals surface area contributed by atoms with Crippen molar-refractivity contribution in [2.24, 2.45) is 22.7 Å². The molecule has 1 aliphatic rings. The van der Waals surface area contributed by atoms with Gasteiger partial charge in [0.25, 0.3) is 0 Å². The highest BCUT2D eigenvalue weighted by Gasteiger charge is 2.37. The van der Waals surface area contributed by atoms with Gasteiger partial charge in [0.05, 0.1) is 0 Å². The highest BCUT2D eigenvalue weighted by atomic mass is 16.2. The highest BCUT2D eigenvalue weighted by Crippen LogP contribution is 2.36. The number of likely N-dealkylation sites (tertiary alicyclic amines) is 1. The van der Waals surface area contributed by atoms with E-state index in [9.17, 15) is 4.79 Å². The topological polar surface area (TPSA) is 20.3 Å². The van der Waals surface area contributed by atoms with E-state index in [2.05, 4.69) is 53.4 Å². The van der Waals surface area contributed by atoms with Crippen molar-refractivity contribution in [3.8, 4) is 0 Å². The fraction of sp³-hybridized carbons (Fsp3) is 0.952. The van der Waals surface area contributed by atoms with Crippen LogP contribution < -0.4 is 0 Å². The molecule has 0 aromatic heterocycles. The molecule has 23 heavy (non-hydrogen) atoms. The smallest absolute Gasteiger partial charge is 0.228 e. The third kappa shape index (κ3) is 9.37. The normalized spacial score (nSPS) is 16.3. The zero-order valence-electron chi connectivity index (χ0n) is 18.0. The molecule has 140 valence electrons. The maximum Gasteiger partial charge on any atom is 0.228 e. The summed E-state index contributed by atoms with van der Waals surface area (Å²) in [5.74, 6) is 1.90. The predicted octanol–water partition coefficient (Wildman–Crippen LogP) is 6.40. The standard InChI is InChI=1S/C17H33NO.2C2H6/c1-13(2)14-8-10-18(11-9-14)15(19)17(6,7)12-16(3,4)5;2*1-2/h13-14H,8-12H2,1-7H3;2*1-2H3. The van der Waals surface area contributed by atoms with Gasteiger partial charge in [-0.25, -0.2) is 0 Å². The van der Waals surface area contributed by atoms with Crippen LogP contribution in [0.4, 0.5) is 0 Å². The van der Waals surface area contributed by atoms with Crippen molar-refractivity contribution < 1.29 is 4.79 Å². The molecule has 2 heteroatoms. The number of hydrogen-bond donors (Lipinski definition) is 0. The molecular formula is C21H45NO. The summed E-state index contributed by atoms with van der Waals surface area (Å²) >= 11 is 0. The van der Waals surface area contributed by atoms with Crippen molar-refractivity contribution in [1.29, 1.82) is 0 Å². The van der Waals surface area contributed by atoms with Gasteiger partial charge in [0.1, 0.15) is 0 Å². The Morgan fingerprint density at radius 2 is 1.35 bits per heavy atom. The first kappa shape index (κ1) is 24.7. The Hall–Kier alpha value is -0.530. The van der Waals surface area contributed by atoms with Gasteiger partial charge < -0.3 is 4.90 Å². The first-order valence-corrected chi connectivity index (χ1v) is 9.82. The maximum atomic E-state index is 12.7. The van der Waals surface area contributed by atoms with E-state index in [4.69, 9.17) is 0 Å². The average Bonchev–Trinajstić information content (AvgIpc) is 2.48. The Kier molecular flexibility index (Phi) is 11.9. The van der Waals surface area contributed by atoms with Crippen molar-refractivity contribution >= 4 is 5.91 Å². The van der Waals surface area contributed by atoms with Crippen molar-refractivity contribution in [2.45, 2.75) is 95.4 Å². The Bertz CT molecular complexity index is 304. The fourth-order valence-electron chi connectivity index (χ4n) is 3.60. The van der Waals surface area contributed by atoms with Gasteiger partial charge >= 0.3 is 0 Å². The van der Waals surface area contributed by atoms with E-state index >= 15 is 0 Å². The second-order valence-electron chi connectivity index (χ2n) is 8.49. The largest absolute Gasteiger partial charge is 0.342 e. The fourth-order valence-corrected chi connectivity index (χ4v) is 3.60. The van der Waals surface area contributed by atoms with E-state index in [-0.39, 0.29) is 10.8 Å². The summed E-state index contributed by atoms with van der Waals surface area (Å²) in [6.07, 6.45) is 3.30. The monoisotopic (exact) mass is 327 g/mol. The van der Waals surface area contributed by atoms with E-state index in [1.165, 1.54) is 12.8 Å². The predicted molar refractivity (Wildman–Crippen MR) is 105 cm³/mol. The lowest BCUT2D eigenvalue weighted by Gasteiger charge is -2.40. The van der Waals surface area contributed by atoms with Gasteiger partial charge in [0, 0.05) is 18.5 Å². The van der Waals surface area contributed by atoms with Gasteiger partial charge in [-0.2, -0.15) is 0 Å². The Balaban J connectivity index is 0. The first-order chi connectivity index (χ1) is 10.5. The molecule has 0 unspecified atom stereocenters. The van der Waals surface area contributed by atoms with E-state index < -0.39 is 0 Å². The molecule has 0 saturated carbocycles. The quantitative estimate of drug-likeness (QED) is 0.587. The molecule has 1 heterocycles. The summed E-state index contributed by atoms with van der Waals surface area (Å²) in [4.78, 5) is 14.8. The zero-order chi connectivity index (χ0) is 18.8. The molecule has 2 nitrogen and oxygen atoms in total. The van der Waals surface area contributed by atoms with Crippen LogP contribution in [0.3, 0.4) is 0 Å². The molecule has 1 saturated heterocycles. The summed E-state index contributed by atoms with van der Waals surface area (Å²) in [6.45, 7) is 25.4. The molecule has 0 bridgehead atoms. The number of piperidine rings is 1. The van der Waals surface area contributed by atoms with Gasteiger partial charge in [-0.3, -0.25) is 4.79 Å². The summed E-state index contributed by atoms with van der Waals surface area (Å²) in [5.41, 5.74) is -0.0294. The van der Waals surface area contributed by atoms with Crippen molar-refractivity contribution in [3.05, 3.63) is 0 Å². The SMILES string of the molecule is CC.CC.CC(C)C1CCN(C(=O)C(C)(C)CC(C)(C)C)CC1. The van der Waals surface area contributed by atoms with Crippen LogP contribution in [-0.4, -0.2) is 23.9 Å². The minimum Gasteiger partial charge on any atom is -0.342 e. The van der Waals surface area contributed by atoms with Crippen LogP contribution in [0.1, 0.15) is 95.4 Å². The Morgan fingerprint density at radius 1 is 0.957 bits per heavy atom. The number of amides is 1. The summed E-state index contributed by atoms with van der Waals surface area (Å²) in [7, 11) is 0. The van der Waals surface area contributed by atoms with Crippen LogP contribution in [0.15, 0.2) is 0 Å². The van der Waals surface area contributed by atoms with Crippen molar-refractivity contribution in [3.63, 3.8) is 0 Å². The van der Waals surface area contributed by atoms with Gasteiger partial charge in [0.15, 0.2) is 0 Å². The molecular weight excluding hydrogens is 282 g/mol. The molecule has 0 aliphatic carbocycles. The Labute approximate surface area is 147 Å². The van der Waals surface area contributed by atoms with Gasteiger partial charge in [0.2, 0.25) is 5.91 Å². The number of carbonyl (C=O) groups is 1. The lowest BCUT2D eigenvalue weighted by Crippen LogP contribution is -2.46. The van der Waals surface area contributed by atoms with Gasteiger partial charge in [-0.1, -0.05) is 76.2 Å². The number of nitrogens with zero attached hydrogens (tertiary/aromatic N) is 1. The van der Waals surface area contributed by atoms with Crippen molar-refractivity contribution in [2.75, 3.05) is 13.1 Å². The van der Waals surface area contributed by atoms with E-state index in [0.717, 1.165) is 31.3 Å². The van der Waals surface area contributed by atoms with Crippen LogP contribution in [0.25, 0.3) is 0 Å². The molecule has 1 aliphatic heterocycles. The molecule has 0 radical (unpaired) electrons. The molecule has 1 amide bonds. The molecule has 0 aromatic rings. The van der Waals surface area contributed by atoms with E-state index in [1.807, 2.05) is 27.7 Å². The first-order valence-electron chi connectivity index (χ1n) is 9.82. The summed E-state index contributed by atoms with van der Waals surface area (Å²) in [6, 6.07) is 0. The van der Waals surface area contributed by atoms with Crippen molar-refractivity contribution in [1.82, 2.24) is 4.90 Å². The third-order valence-electron chi connectivity index (χ3n) is 4.32. The van der Waals surface area contributed by atoms with Crippen LogP contribution in [0, 0.1) is 22.7 Å². The Morgan fingerprint density at radius 3 is 1.65 bits per heavy atom. The number of hydrogen-bond acceptors (Lipinski definition) is 1. The lowest BCUT2D eigenvalue weighted by atomic mass is 9.75.